The highest BCUT2D eigenvalue weighted by Gasteiger charge is 2.10. The summed E-state index contributed by atoms with van der Waals surface area (Å²) in [4.78, 5) is 0. The normalized spacial score (nSPS) is 12.8. The van der Waals surface area contributed by atoms with Crippen LogP contribution in [0.3, 0.4) is 0 Å². The van der Waals surface area contributed by atoms with E-state index in [-0.39, 0.29) is 19.0 Å². The average Bonchev–Trinajstić information content (AvgIpc) is 2.20. The molecule has 4 nitrogen and oxygen atoms in total. The van der Waals surface area contributed by atoms with Gasteiger partial charge in [0.15, 0.2) is 0 Å². The molecule has 0 saturated carbocycles. The van der Waals surface area contributed by atoms with Crippen LogP contribution >= 0.6 is 0 Å². The second kappa shape index (κ2) is 4.95. The summed E-state index contributed by atoms with van der Waals surface area (Å²) in [6.45, 7) is -0.158. The maximum Gasteiger partial charge on any atom is 0.120 e. The minimum Gasteiger partial charge on any atom is -0.508 e. The summed E-state index contributed by atoms with van der Waals surface area (Å²) in [7, 11) is 0. The maximum atomic E-state index is 9.45. The SMILES string of the molecule is N[C@@H](CO)c1cc(CCO)ccc1O. The number of hydrogen-bond donors (Lipinski definition) is 4. The summed E-state index contributed by atoms with van der Waals surface area (Å²) >= 11 is 0. The van der Waals surface area contributed by atoms with Crippen LogP contribution in [0, 0.1) is 0 Å². The zero-order valence-corrected chi connectivity index (χ0v) is 7.85. The van der Waals surface area contributed by atoms with E-state index in [4.69, 9.17) is 15.9 Å². The summed E-state index contributed by atoms with van der Waals surface area (Å²) in [6.07, 6.45) is 0.519. The van der Waals surface area contributed by atoms with Gasteiger partial charge in [0.25, 0.3) is 0 Å². The summed E-state index contributed by atoms with van der Waals surface area (Å²) in [6, 6.07) is 4.37. The summed E-state index contributed by atoms with van der Waals surface area (Å²) in [5.41, 5.74) is 6.99. The highest BCUT2D eigenvalue weighted by atomic mass is 16.3. The molecule has 0 radical (unpaired) electrons. The third kappa shape index (κ3) is 2.45. The largest absolute Gasteiger partial charge is 0.508 e. The van der Waals surface area contributed by atoms with Gasteiger partial charge in [-0.1, -0.05) is 12.1 Å². The molecule has 0 aromatic heterocycles. The van der Waals surface area contributed by atoms with Crippen molar-refractivity contribution in [2.24, 2.45) is 5.73 Å². The van der Waals surface area contributed by atoms with Gasteiger partial charge in [0.1, 0.15) is 5.75 Å². The number of rotatable bonds is 4. The number of phenolic OH excluding ortho intramolecular Hbond substituents is 1. The van der Waals surface area contributed by atoms with Gasteiger partial charge < -0.3 is 21.1 Å². The highest BCUT2D eigenvalue weighted by molar-refractivity contribution is 5.38. The van der Waals surface area contributed by atoms with Gasteiger partial charge in [0.2, 0.25) is 0 Å². The Morgan fingerprint density at radius 1 is 1.29 bits per heavy atom. The van der Waals surface area contributed by atoms with E-state index >= 15 is 0 Å². The third-order valence-electron chi connectivity index (χ3n) is 2.09. The van der Waals surface area contributed by atoms with Crippen molar-refractivity contribution in [1.29, 1.82) is 0 Å². The number of aromatic hydroxyl groups is 1. The van der Waals surface area contributed by atoms with Crippen LogP contribution in [0.25, 0.3) is 0 Å². The van der Waals surface area contributed by atoms with Gasteiger partial charge in [-0.05, 0) is 18.1 Å². The first-order valence-electron chi connectivity index (χ1n) is 4.48. The molecule has 14 heavy (non-hydrogen) atoms. The van der Waals surface area contributed by atoms with Gasteiger partial charge in [-0.2, -0.15) is 0 Å². The van der Waals surface area contributed by atoms with Gasteiger partial charge in [-0.25, -0.2) is 0 Å². The average molecular weight is 197 g/mol. The smallest absolute Gasteiger partial charge is 0.120 e. The Bertz CT molecular complexity index is 301. The molecule has 0 spiro atoms. The van der Waals surface area contributed by atoms with Gasteiger partial charge in [-0.15, -0.1) is 0 Å². The first-order chi connectivity index (χ1) is 6.69. The van der Waals surface area contributed by atoms with Crippen molar-refractivity contribution in [2.75, 3.05) is 13.2 Å². The van der Waals surface area contributed by atoms with E-state index < -0.39 is 6.04 Å². The second-order valence-corrected chi connectivity index (χ2v) is 3.16. The topological polar surface area (TPSA) is 86.7 Å². The molecule has 4 heteroatoms. The van der Waals surface area contributed by atoms with Crippen molar-refractivity contribution in [3.8, 4) is 5.75 Å². The Labute approximate surface area is 82.6 Å². The molecule has 0 aliphatic rings. The third-order valence-corrected chi connectivity index (χ3v) is 2.09. The molecule has 0 saturated heterocycles. The lowest BCUT2D eigenvalue weighted by Crippen LogP contribution is -2.15. The first kappa shape index (κ1) is 11.0. The van der Waals surface area contributed by atoms with E-state index in [1.165, 1.54) is 6.07 Å². The molecule has 0 unspecified atom stereocenters. The quantitative estimate of drug-likeness (QED) is 0.543. The summed E-state index contributed by atoms with van der Waals surface area (Å²) in [5, 5.41) is 27.0. The standard InChI is InChI=1S/C10H15NO3/c11-9(6-13)8-5-7(3-4-12)1-2-10(8)14/h1-2,5,9,12-14H,3-4,6,11H2/t9-/m0/s1. The molecule has 1 aromatic rings. The van der Waals surface area contributed by atoms with Crippen LogP contribution in [-0.2, 0) is 6.42 Å². The monoisotopic (exact) mass is 197 g/mol. The minimum absolute atomic E-state index is 0.0541. The number of phenols is 1. The van der Waals surface area contributed by atoms with Gasteiger partial charge in [0, 0.05) is 12.2 Å². The van der Waals surface area contributed by atoms with E-state index in [0.717, 1.165) is 5.56 Å². The Kier molecular flexibility index (Phi) is 3.88. The number of hydrogen-bond acceptors (Lipinski definition) is 4. The molecule has 0 fully saturated rings. The second-order valence-electron chi connectivity index (χ2n) is 3.16. The molecule has 0 heterocycles. The molecule has 1 aromatic carbocycles. The molecule has 78 valence electrons. The van der Waals surface area contributed by atoms with E-state index in [0.29, 0.717) is 12.0 Å². The molecule has 1 rings (SSSR count). The molecule has 0 amide bonds. The molecule has 5 N–H and O–H groups in total. The van der Waals surface area contributed by atoms with E-state index in [1.54, 1.807) is 12.1 Å². The molecule has 0 bridgehead atoms. The lowest BCUT2D eigenvalue weighted by atomic mass is 10.0. The van der Waals surface area contributed by atoms with Gasteiger partial charge in [-0.3, -0.25) is 0 Å². The first-order valence-corrected chi connectivity index (χ1v) is 4.48. The molecular weight excluding hydrogens is 182 g/mol. The van der Waals surface area contributed by atoms with Crippen molar-refractivity contribution in [1.82, 2.24) is 0 Å². The molecule has 0 aliphatic carbocycles. The van der Waals surface area contributed by atoms with E-state index in [2.05, 4.69) is 0 Å². The van der Waals surface area contributed by atoms with Crippen molar-refractivity contribution in [2.45, 2.75) is 12.5 Å². The summed E-state index contributed by atoms with van der Waals surface area (Å²) < 4.78 is 0. The van der Waals surface area contributed by atoms with Crippen LogP contribution in [-0.4, -0.2) is 28.5 Å². The van der Waals surface area contributed by atoms with Crippen LogP contribution in [0.1, 0.15) is 17.2 Å². The highest BCUT2D eigenvalue weighted by Crippen LogP contribution is 2.23. The fraction of sp³-hybridized carbons (Fsp3) is 0.400. The van der Waals surface area contributed by atoms with Crippen LogP contribution in [0.4, 0.5) is 0 Å². The Morgan fingerprint density at radius 3 is 2.57 bits per heavy atom. The fourth-order valence-electron chi connectivity index (χ4n) is 1.28. The minimum atomic E-state index is -0.575. The van der Waals surface area contributed by atoms with Crippen LogP contribution in [0.2, 0.25) is 0 Å². The molecule has 0 aliphatic heterocycles. The zero-order chi connectivity index (χ0) is 10.6. The maximum absolute atomic E-state index is 9.45. The van der Waals surface area contributed by atoms with Crippen LogP contribution < -0.4 is 5.73 Å². The van der Waals surface area contributed by atoms with Gasteiger partial charge >= 0.3 is 0 Å². The molecule has 1 atom stereocenters. The zero-order valence-electron chi connectivity index (χ0n) is 7.85. The lowest BCUT2D eigenvalue weighted by Gasteiger charge is -2.12. The van der Waals surface area contributed by atoms with Crippen molar-refractivity contribution >= 4 is 0 Å². The fourth-order valence-corrected chi connectivity index (χ4v) is 1.28. The predicted octanol–water partition coefficient (Wildman–Crippen LogP) is -0.0809. The van der Waals surface area contributed by atoms with E-state index in [1.807, 2.05) is 0 Å². The molecular formula is C10H15NO3. The van der Waals surface area contributed by atoms with Crippen molar-refractivity contribution in [3.63, 3.8) is 0 Å². The number of nitrogens with two attached hydrogens (primary N) is 1. The summed E-state index contributed by atoms with van der Waals surface area (Å²) in [5.74, 6) is 0.0771. The lowest BCUT2D eigenvalue weighted by molar-refractivity contribution is 0.265. The Balaban J connectivity index is 2.95. The Morgan fingerprint density at radius 2 is 2.00 bits per heavy atom. The number of benzene rings is 1. The Hall–Kier alpha value is -1.10. The van der Waals surface area contributed by atoms with Crippen molar-refractivity contribution in [3.05, 3.63) is 29.3 Å². The number of aliphatic hydroxyl groups excluding tert-OH is 2. The van der Waals surface area contributed by atoms with Crippen LogP contribution in [0.15, 0.2) is 18.2 Å². The van der Waals surface area contributed by atoms with Gasteiger partial charge in [0.05, 0.1) is 12.6 Å². The van der Waals surface area contributed by atoms with E-state index in [9.17, 15) is 5.11 Å². The predicted molar refractivity (Wildman–Crippen MR) is 52.9 cm³/mol. The van der Waals surface area contributed by atoms with Crippen molar-refractivity contribution < 1.29 is 15.3 Å². The van der Waals surface area contributed by atoms with Crippen LogP contribution in [0.5, 0.6) is 5.75 Å². The number of aliphatic hydroxyl groups is 2.